The average molecular weight is 272 g/mol. The van der Waals surface area contributed by atoms with Gasteiger partial charge >= 0.3 is 0 Å². The fraction of sp³-hybridized carbons (Fsp3) is 0.500. The highest BCUT2D eigenvalue weighted by Gasteiger charge is 2.41. The van der Waals surface area contributed by atoms with E-state index >= 15 is 0 Å². The summed E-state index contributed by atoms with van der Waals surface area (Å²) in [5.74, 6) is 0.898. The monoisotopic (exact) mass is 272 g/mol. The molecule has 1 aliphatic heterocycles. The van der Waals surface area contributed by atoms with Gasteiger partial charge in [-0.05, 0) is 43.9 Å². The van der Waals surface area contributed by atoms with Gasteiger partial charge < -0.3 is 4.74 Å². The van der Waals surface area contributed by atoms with Crippen LogP contribution in [0, 0.1) is 12.8 Å². The number of aryl methyl sites for hydroxylation is 1. The number of hydrogen-bond donors (Lipinski definition) is 0. The molecule has 0 saturated carbocycles. The maximum atomic E-state index is 12.6. The van der Waals surface area contributed by atoms with Crippen molar-refractivity contribution in [1.82, 2.24) is 9.38 Å². The first-order chi connectivity index (χ1) is 9.44. The van der Waals surface area contributed by atoms with Crippen LogP contribution in [0.4, 0.5) is 0 Å². The van der Waals surface area contributed by atoms with Gasteiger partial charge in [-0.25, -0.2) is 0 Å². The van der Waals surface area contributed by atoms with E-state index in [-0.39, 0.29) is 11.2 Å². The lowest BCUT2D eigenvalue weighted by Gasteiger charge is -2.29. The van der Waals surface area contributed by atoms with Crippen LogP contribution in [0.5, 0.6) is 5.88 Å². The zero-order valence-electron chi connectivity index (χ0n) is 12.4. The fourth-order valence-corrected chi connectivity index (χ4v) is 2.81. The zero-order chi connectivity index (χ0) is 14.5. The highest BCUT2D eigenvalue weighted by molar-refractivity contribution is 5.46. The lowest BCUT2D eigenvalue weighted by molar-refractivity contribution is 0.0508. The Balaban J connectivity index is 2.17. The van der Waals surface area contributed by atoms with Gasteiger partial charge in [-0.15, -0.1) is 0 Å². The molecule has 4 nitrogen and oxygen atoms in total. The third kappa shape index (κ3) is 1.82. The molecule has 0 saturated heterocycles. The second kappa shape index (κ2) is 4.33. The molecule has 0 bridgehead atoms. The summed E-state index contributed by atoms with van der Waals surface area (Å²) in [6.45, 7) is 8.36. The maximum Gasteiger partial charge on any atom is 0.265 e. The molecule has 20 heavy (non-hydrogen) atoms. The molecule has 0 N–H and O–H groups in total. The van der Waals surface area contributed by atoms with Crippen LogP contribution in [0.1, 0.15) is 38.3 Å². The van der Waals surface area contributed by atoms with Crippen LogP contribution in [0.3, 0.4) is 0 Å². The summed E-state index contributed by atoms with van der Waals surface area (Å²) in [4.78, 5) is 17.1. The van der Waals surface area contributed by atoms with E-state index in [1.165, 1.54) is 0 Å². The summed E-state index contributed by atoms with van der Waals surface area (Å²) < 4.78 is 7.66. The first kappa shape index (κ1) is 13.2. The molecule has 3 heterocycles. The van der Waals surface area contributed by atoms with E-state index in [1.54, 1.807) is 10.6 Å². The van der Waals surface area contributed by atoms with Crippen molar-refractivity contribution in [2.24, 2.45) is 5.92 Å². The molecule has 0 amide bonds. The summed E-state index contributed by atoms with van der Waals surface area (Å²) >= 11 is 0. The molecular weight excluding hydrogens is 252 g/mol. The van der Waals surface area contributed by atoms with Gasteiger partial charge in [-0.2, -0.15) is 4.98 Å². The Hall–Kier alpha value is -1.84. The maximum absolute atomic E-state index is 12.6. The standard InChI is InChI=1S/C16H20N2O2/c1-5-11(3)16(4)9-12-14(20-16)17-13-8-10(2)6-7-18(13)15(12)19/h6-8,11H,5,9H2,1-4H3/t11-,16-/m1/s1. The summed E-state index contributed by atoms with van der Waals surface area (Å²) in [7, 11) is 0. The minimum atomic E-state index is -0.323. The van der Waals surface area contributed by atoms with Crippen molar-refractivity contribution in [3.63, 3.8) is 0 Å². The van der Waals surface area contributed by atoms with Crippen LogP contribution >= 0.6 is 0 Å². The molecule has 2 aromatic rings. The summed E-state index contributed by atoms with van der Waals surface area (Å²) in [6.07, 6.45) is 3.45. The topological polar surface area (TPSA) is 43.6 Å². The molecule has 2 atom stereocenters. The number of rotatable bonds is 2. The number of hydrogen-bond acceptors (Lipinski definition) is 3. The van der Waals surface area contributed by atoms with Crippen molar-refractivity contribution in [3.05, 3.63) is 39.8 Å². The molecule has 0 radical (unpaired) electrons. The lowest BCUT2D eigenvalue weighted by atomic mass is 9.85. The second-order valence-electron chi connectivity index (χ2n) is 6.03. The predicted octanol–water partition coefficient (Wildman–Crippen LogP) is 2.74. The second-order valence-corrected chi connectivity index (χ2v) is 6.03. The van der Waals surface area contributed by atoms with E-state index in [4.69, 9.17) is 4.74 Å². The molecule has 0 unspecified atom stereocenters. The number of pyridine rings is 1. The normalized spacial score (nSPS) is 22.6. The first-order valence-electron chi connectivity index (χ1n) is 7.15. The molecule has 4 heteroatoms. The Morgan fingerprint density at radius 1 is 1.55 bits per heavy atom. The summed E-state index contributed by atoms with van der Waals surface area (Å²) in [5, 5.41) is 0. The van der Waals surface area contributed by atoms with Crippen LogP contribution in [-0.2, 0) is 6.42 Å². The molecule has 2 aromatic heterocycles. The minimum absolute atomic E-state index is 0.00275. The highest BCUT2D eigenvalue weighted by Crippen LogP contribution is 2.37. The molecular formula is C16H20N2O2. The summed E-state index contributed by atoms with van der Waals surface area (Å²) in [5.41, 5.74) is 2.11. The number of ether oxygens (including phenoxy) is 1. The number of nitrogens with zero attached hydrogens (tertiary/aromatic N) is 2. The summed E-state index contributed by atoms with van der Waals surface area (Å²) in [6, 6.07) is 3.83. The highest BCUT2D eigenvalue weighted by atomic mass is 16.5. The molecule has 0 aliphatic carbocycles. The van der Waals surface area contributed by atoms with Crippen molar-refractivity contribution >= 4 is 5.65 Å². The van der Waals surface area contributed by atoms with E-state index in [0.29, 0.717) is 29.4 Å². The molecule has 0 aromatic carbocycles. The molecule has 3 rings (SSSR count). The molecule has 0 fully saturated rings. The van der Waals surface area contributed by atoms with E-state index in [1.807, 2.05) is 19.1 Å². The van der Waals surface area contributed by atoms with Crippen LogP contribution in [-0.4, -0.2) is 15.0 Å². The molecule has 0 spiro atoms. The smallest absolute Gasteiger partial charge is 0.265 e. The number of fused-ring (bicyclic) bond motifs is 2. The van der Waals surface area contributed by atoms with Crippen molar-refractivity contribution in [2.75, 3.05) is 0 Å². The van der Waals surface area contributed by atoms with E-state index in [9.17, 15) is 4.79 Å². The van der Waals surface area contributed by atoms with Gasteiger partial charge in [0.15, 0.2) is 0 Å². The van der Waals surface area contributed by atoms with Gasteiger partial charge in [-0.3, -0.25) is 9.20 Å². The molecule has 1 aliphatic rings. The average Bonchev–Trinajstić information content (AvgIpc) is 2.76. The van der Waals surface area contributed by atoms with E-state index in [2.05, 4.69) is 25.8 Å². The minimum Gasteiger partial charge on any atom is -0.470 e. The van der Waals surface area contributed by atoms with E-state index < -0.39 is 0 Å². The third-order valence-electron chi connectivity index (χ3n) is 4.55. The Kier molecular flexibility index (Phi) is 2.85. The van der Waals surface area contributed by atoms with Crippen molar-refractivity contribution in [2.45, 2.75) is 46.1 Å². The quantitative estimate of drug-likeness (QED) is 0.844. The van der Waals surface area contributed by atoms with Crippen LogP contribution in [0.15, 0.2) is 23.1 Å². The molecule has 106 valence electrons. The van der Waals surface area contributed by atoms with E-state index in [0.717, 1.165) is 12.0 Å². The Morgan fingerprint density at radius 2 is 2.30 bits per heavy atom. The van der Waals surface area contributed by atoms with Crippen molar-refractivity contribution in [3.8, 4) is 5.88 Å². The van der Waals surface area contributed by atoms with Gasteiger partial charge in [0.2, 0.25) is 5.88 Å². The van der Waals surface area contributed by atoms with Gasteiger partial charge in [0.25, 0.3) is 5.56 Å². The van der Waals surface area contributed by atoms with Crippen LogP contribution in [0.2, 0.25) is 0 Å². The first-order valence-corrected chi connectivity index (χ1v) is 7.15. The SMILES string of the molecule is CC[C@@H](C)[C@@]1(C)Cc2c(nc3cc(C)ccn3c2=O)O1. The van der Waals surface area contributed by atoms with Gasteiger partial charge in [0, 0.05) is 12.6 Å². The Labute approximate surface area is 118 Å². The Morgan fingerprint density at radius 3 is 3.00 bits per heavy atom. The van der Waals surface area contributed by atoms with Crippen LogP contribution in [0.25, 0.3) is 5.65 Å². The third-order valence-corrected chi connectivity index (χ3v) is 4.55. The zero-order valence-corrected chi connectivity index (χ0v) is 12.4. The van der Waals surface area contributed by atoms with Crippen molar-refractivity contribution in [1.29, 1.82) is 0 Å². The lowest BCUT2D eigenvalue weighted by Crippen LogP contribution is -2.38. The van der Waals surface area contributed by atoms with Gasteiger partial charge in [0.05, 0.1) is 5.56 Å². The largest absolute Gasteiger partial charge is 0.470 e. The van der Waals surface area contributed by atoms with Crippen molar-refractivity contribution < 1.29 is 4.74 Å². The fourth-order valence-electron chi connectivity index (χ4n) is 2.81. The van der Waals surface area contributed by atoms with Gasteiger partial charge in [-0.1, -0.05) is 13.8 Å². The predicted molar refractivity (Wildman–Crippen MR) is 78.4 cm³/mol. The Bertz CT molecular complexity index is 735. The van der Waals surface area contributed by atoms with Crippen LogP contribution < -0.4 is 10.3 Å². The number of aromatic nitrogens is 2. The van der Waals surface area contributed by atoms with Gasteiger partial charge in [0.1, 0.15) is 11.2 Å².